The third-order valence-electron chi connectivity index (χ3n) is 6.64. The van der Waals surface area contributed by atoms with E-state index in [-0.39, 0.29) is 17.4 Å². The maximum Gasteiger partial charge on any atom is 0.133 e. The number of hydrogen-bond donors (Lipinski definition) is 1. The van der Waals surface area contributed by atoms with E-state index < -0.39 is 0 Å². The van der Waals surface area contributed by atoms with Crippen molar-refractivity contribution in [1.29, 1.82) is 0 Å². The molecule has 0 aromatic heterocycles. The van der Waals surface area contributed by atoms with Crippen LogP contribution in [0.5, 0.6) is 0 Å². The third-order valence-corrected chi connectivity index (χ3v) is 6.64. The first-order valence-electron chi connectivity index (χ1n) is 9.18. The van der Waals surface area contributed by atoms with Crippen molar-refractivity contribution in [2.45, 2.75) is 71.3 Å². The molecule has 23 heavy (non-hydrogen) atoms. The number of allylic oxidation sites excluding steroid dienone is 4. The second-order valence-electron chi connectivity index (χ2n) is 8.09. The van der Waals surface area contributed by atoms with Crippen LogP contribution in [-0.4, -0.2) is 17.0 Å². The Kier molecular flexibility index (Phi) is 4.64. The Morgan fingerprint density at radius 2 is 2.04 bits per heavy atom. The van der Waals surface area contributed by atoms with Crippen molar-refractivity contribution in [3.63, 3.8) is 0 Å². The topological polar surface area (TPSA) is 37.3 Å². The summed E-state index contributed by atoms with van der Waals surface area (Å²) in [6.07, 6.45) is 12.5. The van der Waals surface area contributed by atoms with Crippen LogP contribution in [0.1, 0.15) is 65.2 Å². The zero-order valence-corrected chi connectivity index (χ0v) is 14.6. The van der Waals surface area contributed by atoms with Gasteiger partial charge in [-0.3, -0.25) is 4.79 Å². The first-order chi connectivity index (χ1) is 10.9. The lowest BCUT2D eigenvalue weighted by Gasteiger charge is -2.41. The average Bonchev–Trinajstić information content (AvgIpc) is 2.86. The molecular formula is C21H30O2. The number of fused-ring (bicyclic) bond motifs is 1. The van der Waals surface area contributed by atoms with Gasteiger partial charge in [-0.15, -0.1) is 0 Å². The molecule has 0 radical (unpaired) electrons. The van der Waals surface area contributed by atoms with Crippen LogP contribution in [0, 0.1) is 17.3 Å². The molecule has 3 fully saturated rings. The summed E-state index contributed by atoms with van der Waals surface area (Å²) in [7, 11) is 0. The Balaban J connectivity index is 1.83. The molecule has 0 spiro atoms. The minimum Gasteiger partial charge on any atom is -0.393 e. The van der Waals surface area contributed by atoms with E-state index in [1.54, 1.807) is 6.92 Å². The van der Waals surface area contributed by atoms with E-state index in [2.05, 4.69) is 25.7 Å². The quantitative estimate of drug-likeness (QED) is 0.799. The highest BCUT2D eigenvalue weighted by Gasteiger charge is 2.50. The number of ketones is 1. The molecule has 4 atom stereocenters. The van der Waals surface area contributed by atoms with Crippen molar-refractivity contribution in [2.24, 2.45) is 17.3 Å². The van der Waals surface area contributed by atoms with Gasteiger partial charge in [-0.05, 0) is 75.2 Å². The van der Waals surface area contributed by atoms with Crippen molar-refractivity contribution < 1.29 is 9.90 Å². The standard InChI is InChI=1S/C21H30O2/c1-14-6-9-18(23)13-17(14)8-7-16-5-4-12-21(3)19(15(2)22)10-11-20(16)21/h7-8,18-20,23H,1,4-6,9-13H2,2-3H3/t18-,19?,20?,21?/m0/s1. The van der Waals surface area contributed by atoms with E-state index in [1.807, 2.05) is 0 Å². The van der Waals surface area contributed by atoms with Crippen LogP contribution in [0.15, 0.2) is 35.5 Å². The summed E-state index contributed by atoms with van der Waals surface area (Å²) in [4.78, 5) is 12.0. The van der Waals surface area contributed by atoms with E-state index in [0.29, 0.717) is 11.7 Å². The monoisotopic (exact) mass is 314 g/mol. The van der Waals surface area contributed by atoms with Crippen LogP contribution < -0.4 is 0 Å². The predicted molar refractivity (Wildman–Crippen MR) is 94.0 cm³/mol. The number of carbonyl (C=O) groups is 1. The molecule has 0 bridgehead atoms. The Bertz CT molecular complexity index is 568. The fourth-order valence-electron chi connectivity index (χ4n) is 5.30. The maximum absolute atomic E-state index is 12.0. The van der Waals surface area contributed by atoms with Crippen LogP contribution in [0.4, 0.5) is 0 Å². The molecule has 3 rings (SSSR count). The summed E-state index contributed by atoms with van der Waals surface area (Å²) in [5.41, 5.74) is 4.07. The van der Waals surface area contributed by atoms with Crippen LogP contribution in [0.3, 0.4) is 0 Å². The van der Waals surface area contributed by atoms with Crippen LogP contribution in [0.25, 0.3) is 0 Å². The lowest BCUT2D eigenvalue weighted by atomic mass is 9.63. The lowest BCUT2D eigenvalue weighted by Crippen LogP contribution is -2.36. The van der Waals surface area contributed by atoms with Gasteiger partial charge < -0.3 is 5.11 Å². The molecule has 0 aromatic rings. The van der Waals surface area contributed by atoms with E-state index in [1.165, 1.54) is 29.6 Å². The van der Waals surface area contributed by atoms with Gasteiger partial charge in [-0.1, -0.05) is 36.8 Å². The Morgan fingerprint density at radius 1 is 1.26 bits per heavy atom. The van der Waals surface area contributed by atoms with Gasteiger partial charge in [0.05, 0.1) is 6.10 Å². The van der Waals surface area contributed by atoms with Gasteiger partial charge in [-0.2, -0.15) is 0 Å². The number of hydrogen-bond acceptors (Lipinski definition) is 2. The molecule has 0 saturated heterocycles. The summed E-state index contributed by atoms with van der Waals surface area (Å²) < 4.78 is 0. The first-order valence-corrected chi connectivity index (χ1v) is 9.18. The van der Waals surface area contributed by atoms with Gasteiger partial charge in [0, 0.05) is 5.92 Å². The molecule has 1 N–H and O–H groups in total. The fourth-order valence-corrected chi connectivity index (χ4v) is 5.30. The van der Waals surface area contributed by atoms with Gasteiger partial charge in [-0.25, -0.2) is 0 Å². The zero-order valence-electron chi connectivity index (χ0n) is 14.6. The largest absolute Gasteiger partial charge is 0.393 e. The third kappa shape index (κ3) is 3.10. The van der Waals surface area contributed by atoms with E-state index in [4.69, 9.17) is 0 Å². The SMILES string of the molecule is C=C1CC[C@H](O)CC1=CC=C1CCCC2(C)C(C(C)=O)CCC12. The van der Waals surface area contributed by atoms with E-state index in [9.17, 15) is 9.90 Å². The summed E-state index contributed by atoms with van der Waals surface area (Å²) in [6, 6.07) is 0. The molecule has 0 aliphatic heterocycles. The molecule has 3 saturated carbocycles. The highest BCUT2D eigenvalue weighted by Crippen LogP contribution is 2.57. The van der Waals surface area contributed by atoms with Crippen molar-refractivity contribution in [1.82, 2.24) is 0 Å². The van der Waals surface area contributed by atoms with Gasteiger partial charge >= 0.3 is 0 Å². The number of aliphatic hydroxyl groups is 1. The molecule has 0 aromatic carbocycles. The second-order valence-corrected chi connectivity index (χ2v) is 8.09. The number of Topliss-reactive ketones (excluding diaryl/α,β-unsaturated/α-hetero) is 1. The minimum atomic E-state index is -0.213. The highest BCUT2D eigenvalue weighted by molar-refractivity contribution is 5.79. The molecule has 0 heterocycles. The zero-order chi connectivity index (χ0) is 16.6. The van der Waals surface area contributed by atoms with Gasteiger partial charge in [0.2, 0.25) is 0 Å². The maximum atomic E-state index is 12.0. The smallest absolute Gasteiger partial charge is 0.133 e. The van der Waals surface area contributed by atoms with Crippen LogP contribution >= 0.6 is 0 Å². The summed E-state index contributed by atoms with van der Waals surface area (Å²) in [6.45, 7) is 8.26. The molecule has 126 valence electrons. The second kappa shape index (κ2) is 6.39. The average molecular weight is 314 g/mol. The van der Waals surface area contributed by atoms with Gasteiger partial charge in [0.25, 0.3) is 0 Å². The highest BCUT2D eigenvalue weighted by atomic mass is 16.3. The molecule has 3 unspecified atom stereocenters. The normalized spacial score (nSPS) is 41.3. The van der Waals surface area contributed by atoms with Crippen molar-refractivity contribution >= 4 is 5.78 Å². The number of carbonyl (C=O) groups excluding carboxylic acids is 1. The van der Waals surface area contributed by atoms with Crippen molar-refractivity contribution in [2.75, 3.05) is 0 Å². The molecule has 3 aliphatic carbocycles. The number of rotatable bonds is 2. The van der Waals surface area contributed by atoms with E-state index >= 15 is 0 Å². The molecule has 3 aliphatic rings. The lowest BCUT2D eigenvalue weighted by molar-refractivity contribution is -0.124. The van der Waals surface area contributed by atoms with Crippen LogP contribution in [-0.2, 0) is 4.79 Å². The summed E-state index contributed by atoms with van der Waals surface area (Å²) in [5.74, 6) is 1.18. The Hall–Kier alpha value is -1.15. The first kappa shape index (κ1) is 16.7. The molecule has 2 heteroatoms. The fraction of sp³-hybridized carbons (Fsp3) is 0.667. The summed E-state index contributed by atoms with van der Waals surface area (Å²) >= 11 is 0. The predicted octanol–water partition coefficient (Wildman–Crippen LogP) is 4.75. The van der Waals surface area contributed by atoms with Gasteiger partial charge in [0.15, 0.2) is 0 Å². The number of aliphatic hydroxyl groups excluding tert-OH is 1. The molecular weight excluding hydrogens is 284 g/mol. The Labute approximate surface area is 140 Å². The summed E-state index contributed by atoms with van der Waals surface area (Å²) in [5, 5.41) is 9.88. The molecule has 0 amide bonds. The molecule has 2 nitrogen and oxygen atoms in total. The van der Waals surface area contributed by atoms with Gasteiger partial charge in [0.1, 0.15) is 5.78 Å². The van der Waals surface area contributed by atoms with Crippen molar-refractivity contribution in [3.8, 4) is 0 Å². The Morgan fingerprint density at radius 3 is 2.78 bits per heavy atom. The van der Waals surface area contributed by atoms with Crippen molar-refractivity contribution in [3.05, 3.63) is 35.5 Å². The minimum absolute atomic E-state index is 0.164. The van der Waals surface area contributed by atoms with Crippen LogP contribution in [0.2, 0.25) is 0 Å². The van der Waals surface area contributed by atoms with E-state index in [0.717, 1.165) is 38.5 Å².